The van der Waals surface area contributed by atoms with Gasteiger partial charge in [-0.05, 0) is 36.2 Å². The summed E-state index contributed by atoms with van der Waals surface area (Å²) in [6, 6.07) is 24.0. The normalized spacial score (nSPS) is 11.8. The minimum Gasteiger partial charge on any atom is -0.320 e. The van der Waals surface area contributed by atoms with Crippen LogP contribution in [0.2, 0.25) is 0 Å². The third-order valence-corrected chi connectivity index (χ3v) is 3.94. The molecule has 0 heterocycles. The van der Waals surface area contributed by atoms with Gasteiger partial charge in [0.05, 0.1) is 11.7 Å². The molecule has 3 aromatic carbocycles. The SMILES string of the molecule is N[C@@H](Cc1ccccc1)C(=O)N(c1ccccc1)c1ccccc1F. The highest BCUT2D eigenvalue weighted by Gasteiger charge is 2.26. The number of hydrogen-bond acceptors (Lipinski definition) is 2. The summed E-state index contributed by atoms with van der Waals surface area (Å²) in [4.78, 5) is 14.4. The lowest BCUT2D eigenvalue weighted by Gasteiger charge is -2.26. The predicted octanol–water partition coefficient (Wildman–Crippen LogP) is 4.06. The molecule has 0 unspecified atom stereocenters. The van der Waals surface area contributed by atoms with Gasteiger partial charge in [0.15, 0.2) is 0 Å². The highest BCUT2D eigenvalue weighted by atomic mass is 19.1. The van der Waals surface area contributed by atoms with Crippen molar-refractivity contribution in [2.24, 2.45) is 5.73 Å². The summed E-state index contributed by atoms with van der Waals surface area (Å²) in [5, 5.41) is 0. The van der Waals surface area contributed by atoms with Crippen molar-refractivity contribution in [3.63, 3.8) is 0 Å². The van der Waals surface area contributed by atoms with Gasteiger partial charge >= 0.3 is 0 Å². The third kappa shape index (κ3) is 3.92. The second-order valence-electron chi connectivity index (χ2n) is 5.76. The van der Waals surface area contributed by atoms with Gasteiger partial charge in [0.2, 0.25) is 5.91 Å². The molecule has 1 amide bonds. The largest absolute Gasteiger partial charge is 0.320 e. The van der Waals surface area contributed by atoms with Gasteiger partial charge in [-0.25, -0.2) is 4.39 Å². The highest BCUT2D eigenvalue weighted by Crippen LogP contribution is 2.28. The second-order valence-corrected chi connectivity index (χ2v) is 5.76. The average molecular weight is 334 g/mol. The number of carbonyl (C=O) groups excluding carboxylic acids is 1. The number of nitrogens with zero attached hydrogens (tertiary/aromatic N) is 1. The van der Waals surface area contributed by atoms with Crippen LogP contribution in [0.25, 0.3) is 0 Å². The average Bonchev–Trinajstić information content (AvgIpc) is 2.65. The first-order valence-corrected chi connectivity index (χ1v) is 8.10. The van der Waals surface area contributed by atoms with E-state index in [1.165, 1.54) is 11.0 Å². The molecule has 0 fully saturated rings. The molecule has 0 aliphatic heterocycles. The van der Waals surface area contributed by atoms with Crippen LogP contribution in [0.4, 0.5) is 15.8 Å². The number of benzene rings is 3. The molecular weight excluding hydrogens is 315 g/mol. The molecule has 3 nitrogen and oxygen atoms in total. The van der Waals surface area contributed by atoms with E-state index >= 15 is 0 Å². The van der Waals surface area contributed by atoms with Crippen LogP contribution in [-0.2, 0) is 11.2 Å². The van der Waals surface area contributed by atoms with Gasteiger partial charge in [0, 0.05) is 5.69 Å². The molecule has 2 N–H and O–H groups in total. The van der Waals surface area contributed by atoms with Gasteiger partial charge in [-0.2, -0.15) is 0 Å². The van der Waals surface area contributed by atoms with E-state index in [9.17, 15) is 9.18 Å². The number of carbonyl (C=O) groups is 1. The zero-order chi connectivity index (χ0) is 17.6. The molecular formula is C21H19FN2O. The third-order valence-electron chi connectivity index (χ3n) is 3.94. The Kier molecular flexibility index (Phi) is 5.21. The molecule has 0 aliphatic rings. The Labute approximate surface area is 146 Å². The van der Waals surface area contributed by atoms with Crippen molar-refractivity contribution in [2.75, 3.05) is 4.90 Å². The number of para-hydroxylation sites is 2. The van der Waals surface area contributed by atoms with Gasteiger partial charge < -0.3 is 5.73 Å². The summed E-state index contributed by atoms with van der Waals surface area (Å²) in [5.41, 5.74) is 7.90. The van der Waals surface area contributed by atoms with Crippen molar-refractivity contribution in [2.45, 2.75) is 12.5 Å². The van der Waals surface area contributed by atoms with Crippen LogP contribution in [0.15, 0.2) is 84.9 Å². The Morgan fingerprint density at radius 2 is 1.44 bits per heavy atom. The smallest absolute Gasteiger partial charge is 0.248 e. The maximum absolute atomic E-state index is 14.3. The van der Waals surface area contributed by atoms with E-state index < -0.39 is 11.9 Å². The predicted molar refractivity (Wildman–Crippen MR) is 98.1 cm³/mol. The molecule has 1 atom stereocenters. The Morgan fingerprint density at radius 1 is 0.880 bits per heavy atom. The molecule has 0 aromatic heterocycles. The molecule has 0 saturated carbocycles. The maximum Gasteiger partial charge on any atom is 0.248 e. The van der Waals surface area contributed by atoms with Crippen LogP contribution in [0.1, 0.15) is 5.56 Å². The quantitative estimate of drug-likeness (QED) is 0.765. The molecule has 126 valence electrons. The lowest BCUT2D eigenvalue weighted by atomic mass is 10.0. The Hall–Kier alpha value is -2.98. The summed E-state index contributed by atoms with van der Waals surface area (Å²) in [6.07, 6.45) is 0.386. The number of rotatable bonds is 5. The molecule has 4 heteroatoms. The van der Waals surface area contributed by atoms with Crippen molar-refractivity contribution < 1.29 is 9.18 Å². The van der Waals surface area contributed by atoms with Gasteiger partial charge in [-0.1, -0.05) is 60.7 Å². The number of halogens is 1. The molecule has 0 radical (unpaired) electrons. The molecule has 0 aliphatic carbocycles. The lowest BCUT2D eigenvalue weighted by molar-refractivity contribution is -0.119. The van der Waals surface area contributed by atoms with Crippen molar-refractivity contribution in [1.82, 2.24) is 0 Å². The first kappa shape index (κ1) is 16.9. The summed E-state index contributed by atoms with van der Waals surface area (Å²) in [6.45, 7) is 0. The lowest BCUT2D eigenvalue weighted by Crippen LogP contribution is -2.43. The Bertz CT molecular complexity index is 837. The van der Waals surface area contributed by atoms with Crippen LogP contribution in [0, 0.1) is 5.82 Å². The Morgan fingerprint density at radius 3 is 2.08 bits per heavy atom. The van der Waals surface area contributed by atoms with E-state index in [-0.39, 0.29) is 11.6 Å². The first-order chi connectivity index (χ1) is 12.2. The topological polar surface area (TPSA) is 46.3 Å². The van der Waals surface area contributed by atoms with E-state index in [1.54, 1.807) is 42.5 Å². The highest BCUT2D eigenvalue weighted by molar-refractivity contribution is 6.03. The molecule has 0 spiro atoms. The molecule has 3 rings (SSSR count). The zero-order valence-electron chi connectivity index (χ0n) is 13.7. The van der Waals surface area contributed by atoms with Crippen molar-refractivity contribution in [3.8, 4) is 0 Å². The van der Waals surface area contributed by atoms with Crippen LogP contribution in [0.3, 0.4) is 0 Å². The van der Waals surface area contributed by atoms with Crippen molar-refractivity contribution in [3.05, 3.63) is 96.3 Å². The van der Waals surface area contributed by atoms with Crippen LogP contribution < -0.4 is 10.6 Å². The summed E-state index contributed by atoms with van der Waals surface area (Å²) >= 11 is 0. The first-order valence-electron chi connectivity index (χ1n) is 8.10. The molecule has 25 heavy (non-hydrogen) atoms. The standard InChI is InChI=1S/C21H19FN2O/c22-18-13-7-8-14-20(18)24(17-11-5-2-6-12-17)21(25)19(23)15-16-9-3-1-4-10-16/h1-14,19H,15,23H2/t19-/m0/s1. The van der Waals surface area contributed by atoms with Gasteiger partial charge in [0.1, 0.15) is 5.82 Å². The second kappa shape index (κ2) is 7.73. The molecule has 3 aromatic rings. The van der Waals surface area contributed by atoms with E-state index in [0.29, 0.717) is 12.1 Å². The summed E-state index contributed by atoms with van der Waals surface area (Å²) in [7, 11) is 0. The van der Waals surface area contributed by atoms with Crippen LogP contribution in [0.5, 0.6) is 0 Å². The Balaban J connectivity index is 1.94. The fraction of sp³-hybridized carbons (Fsp3) is 0.0952. The minimum atomic E-state index is -0.776. The molecule has 0 saturated heterocycles. The van der Waals surface area contributed by atoms with E-state index in [1.807, 2.05) is 36.4 Å². The van der Waals surface area contributed by atoms with Crippen molar-refractivity contribution in [1.29, 1.82) is 0 Å². The van der Waals surface area contributed by atoms with Gasteiger partial charge in [-0.15, -0.1) is 0 Å². The summed E-state index contributed by atoms with van der Waals surface area (Å²) < 4.78 is 14.3. The van der Waals surface area contributed by atoms with E-state index in [0.717, 1.165) is 5.56 Å². The van der Waals surface area contributed by atoms with Crippen LogP contribution in [-0.4, -0.2) is 11.9 Å². The van der Waals surface area contributed by atoms with E-state index in [2.05, 4.69) is 0 Å². The summed E-state index contributed by atoms with van der Waals surface area (Å²) in [5.74, 6) is -0.813. The number of hydrogen-bond donors (Lipinski definition) is 1. The van der Waals surface area contributed by atoms with Crippen molar-refractivity contribution >= 4 is 17.3 Å². The monoisotopic (exact) mass is 334 g/mol. The zero-order valence-corrected chi connectivity index (χ0v) is 13.7. The number of amides is 1. The fourth-order valence-corrected chi connectivity index (χ4v) is 2.72. The van der Waals surface area contributed by atoms with Gasteiger partial charge in [-0.3, -0.25) is 9.69 Å². The number of anilines is 2. The van der Waals surface area contributed by atoms with Crippen LogP contribution >= 0.6 is 0 Å². The maximum atomic E-state index is 14.3. The minimum absolute atomic E-state index is 0.196. The van der Waals surface area contributed by atoms with E-state index in [4.69, 9.17) is 5.73 Å². The fourth-order valence-electron chi connectivity index (χ4n) is 2.72. The van der Waals surface area contributed by atoms with Gasteiger partial charge in [0.25, 0.3) is 0 Å². The molecule has 0 bridgehead atoms. The number of nitrogens with two attached hydrogens (primary N) is 1.